The number of hydrogen-bond acceptors (Lipinski definition) is 3. The maximum Gasteiger partial charge on any atom is 0.132 e. The lowest BCUT2D eigenvalue weighted by Gasteiger charge is -2.39. The van der Waals surface area contributed by atoms with Gasteiger partial charge in [0.05, 0.1) is 16.8 Å². The Kier molecular flexibility index (Phi) is 6.23. The maximum atomic E-state index is 6.62. The third-order valence-electron chi connectivity index (χ3n) is 12.5. The van der Waals surface area contributed by atoms with Crippen LogP contribution in [-0.2, 0) is 10.8 Å². The molecule has 12 rings (SSSR count). The van der Waals surface area contributed by atoms with Crippen molar-refractivity contribution in [2.24, 2.45) is 0 Å². The van der Waals surface area contributed by atoms with Gasteiger partial charge in [-0.3, -0.25) is 0 Å². The van der Waals surface area contributed by atoms with Gasteiger partial charge in [-0.15, -0.1) is 11.3 Å². The summed E-state index contributed by atoms with van der Waals surface area (Å²) >= 11 is 1.89. The molecule has 2 nitrogen and oxygen atoms in total. The quantitative estimate of drug-likeness (QED) is 0.180. The van der Waals surface area contributed by atoms with Gasteiger partial charge in [-0.25, -0.2) is 0 Å². The summed E-state index contributed by atoms with van der Waals surface area (Å²) in [7, 11) is 0. The van der Waals surface area contributed by atoms with Gasteiger partial charge in [0.2, 0.25) is 0 Å². The van der Waals surface area contributed by atoms with E-state index in [0.29, 0.717) is 0 Å². The zero-order valence-electron chi connectivity index (χ0n) is 30.5. The SMILES string of the molecule is CC1(C)c2ccccc2-c2c(N(c3ccccc3)c3cccc4sc5cc6c(cc5c34)-c3ccccc3C63c4ccccc4Oc4ccccc43)cccc21. The van der Waals surface area contributed by atoms with E-state index in [1.54, 1.807) is 0 Å². The van der Waals surface area contributed by atoms with Crippen LogP contribution in [-0.4, -0.2) is 0 Å². The smallest absolute Gasteiger partial charge is 0.132 e. The Morgan fingerprint density at radius 1 is 0.455 bits per heavy atom. The minimum atomic E-state index is -0.495. The Labute approximate surface area is 324 Å². The van der Waals surface area contributed by atoms with E-state index >= 15 is 0 Å². The maximum absolute atomic E-state index is 6.62. The molecule has 0 bridgehead atoms. The third kappa shape index (κ3) is 3.98. The fourth-order valence-electron chi connectivity index (χ4n) is 10.2. The van der Waals surface area contributed by atoms with E-state index in [1.165, 1.54) is 87.2 Å². The molecule has 2 heterocycles. The predicted molar refractivity (Wildman–Crippen MR) is 229 cm³/mol. The van der Waals surface area contributed by atoms with Gasteiger partial charge in [-0.05, 0) is 93.5 Å². The van der Waals surface area contributed by atoms with Crippen LogP contribution in [0, 0.1) is 0 Å². The molecule has 0 atom stereocenters. The summed E-state index contributed by atoms with van der Waals surface area (Å²) < 4.78 is 9.18. The van der Waals surface area contributed by atoms with Crippen LogP contribution in [0.2, 0.25) is 0 Å². The minimum absolute atomic E-state index is 0.101. The van der Waals surface area contributed by atoms with Crippen LogP contribution in [0.25, 0.3) is 42.4 Å². The van der Waals surface area contributed by atoms with Crippen LogP contribution in [0.3, 0.4) is 0 Å². The number of anilines is 3. The molecule has 0 saturated carbocycles. The molecule has 3 heteroatoms. The standard InChI is InChI=1S/C52H35NOS/c1-51(2)37-20-8-7-19-34(37)49-41(51)24-14-25-43(49)53(32-16-4-3-5-17-32)44-26-15-29-47-50(44)36-30-35-33-18-6-9-21-38(33)52(42(35)31-48(36)55-47)39-22-10-12-27-45(39)54-46-28-13-11-23-40(46)52/h3-31H,1-2H3. The van der Waals surface area contributed by atoms with Crippen molar-refractivity contribution in [2.45, 2.75) is 24.7 Å². The van der Waals surface area contributed by atoms with Gasteiger partial charge in [-0.2, -0.15) is 0 Å². The molecule has 8 aromatic carbocycles. The van der Waals surface area contributed by atoms with E-state index in [-0.39, 0.29) is 5.41 Å². The number of ether oxygens (including phenoxy) is 1. The number of benzene rings is 8. The summed E-state index contributed by atoms with van der Waals surface area (Å²) in [4.78, 5) is 2.51. The van der Waals surface area contributed by atoms with E-state index in [1.807, 2.05) is 11.3 Å². The highest BCUT2D eigenvalue weighted by Gasteiger charge is 2.51. The zero-order chi connectivity index (χ0) is 36.5. The number of fused-ring (bicyclic) bond motifs is 15. The molecule has 3 aliphatic rings. The largest absolute Gasteiger partial charge is 0.457 e. The van der Waals surface area contributed by atoms with Crippen molar-refractivity contribution in [1.82, 2.24) is 0 Å². The first kappa shape index (κ1) is 31.0. The van der Waals surface area contributed by atoms with Crippen molar-refractivity contribution in [3.63, 3.8) is 0 Å². The van der Waals surface area contributed by atoms with Crippen molar-refractivity contribution in [3.05, 3.63) is 209 Å². The highest BCUT2D eigenvalue weighted by Crippen LogP contribution is 2.63. The monoisotopic (exact) mass is 721 g/mol. The first-order valence-electron chi connectivity index (χ1n) is 19.1. The summed E-state index contributed by atoms with van der Waals surface area (Å²) in [5, 5.41) is 2.56. The van der Waals surface area contributed by atoms with E-state index in [0.717, 1.165) is 17.2 Å². The van der Waals surface area contributed by atoms with E-state index in [9.17, 15) is 0 Å². The van der Waals surface area contributed by atoms with Gasteiger partial charge in [0, 0.05) is 48.0 Å². The third-order valence-corrected chi connectivity index (χ3v) is 13.6. The summed E-state index contributed by atoms with van der Waals surface area (Å²) in [6.45, 7) is 4.73. The lowest BCUT2D eigenvalue weighted by molar-refractivity contribution is 0.436. The predicted octanol–water partition coefficient (Wildman–Crippen LogP) is 14.3. The van der Waals surface area contributed by atoms with E-state index in [4.69, 9.17) is 4.74 Å². The highest BCUT2D eigenvalue weighted by molar-refractivity contribution is 7.26. The van der Waals surface area contributed by atoms with Crippen molar-refractivity contribution in [1.29, 1.82) is 0 Å². The van der Waals surface area contributed by atoms with Crippen LogP contribution in [0.1, 0.15) is 47.2 Å². The Balaban J connectivity index is 1.16. The van der Waals surface area contributed by atoms with Crippen LogP contribution in [0.4, 0.5) is 17.1 Å². The number of para-hydroxylation sites is 3. The van der Waals surface area contributed by atoms with E-state index in [2.05, 4.69) is 195 Å². The average Bonchev–Trinajstić information content (AvgIpc) is 3.82. The molecular formula is C52H35NOS. The van der Waals surface area contributed by atoms with Crippen LogP contribution < -0.4 is 9.64 Å². The molecule has 0 fully saturated rings. The Morgan fingerprint density at radius 2 is 1.05 bits per heavy atom. The lowest BCUT2D eigenvalue weighted by atomic mass is 9.66. The van der Waals surface area contributed by atoms with Gasteiger partial charge in [0.25, 0.3) is 0 Å². The second kappa shape index (κ2) is 11.1. The average molecular weight is 722 g/mol. The molecule has 2 aliphatic carbocycles. The molecule has 0 saturated heterocycles. The second-order valence-corrected chi connectivity index (χ2v) is 16.7. The number of nitrogens with zero attached hydrogens (tertiary/aromatic N) is 1. The molecule has 0 unspecified atom stereocenters. The molecule has 0 radical (unpaired) electrons. The molecule has 1 aliphatic heterocycles. The Bertz CT molecular complexity index is 3020. The number of rotatable bonds is 3. The Hall–Kier alpha value is -6.42. The summed E-state index contributed by atoms with van der Waals surface area (Å²) in [5.41, 5.74) is 15.9. The number of thiophene rings is 1. The summed E-state index contributed by atoms with van der Waals surface area (Å²) in [6, 6.07) is 64.9. The highest BCUT2D eigenvalue weighted by atomic mass is 32.1. The fraction of sp³-hybridized carbons (Fsp3) is 0.0769. The van der Waals surface area contributed by atoms with Crippen molar-refractivity contribution >= 4 is 48.6 Å². The van der Waals surface area contributed by atoms with Crippen molar-refractivity contribution in [2.75, 3.05) is 4.90 Å². The number of hydrogen-bond donors (Lipinski definition) is 0. The molecule has 0 N–H and O–H groups in total. The molecular weight excluding hydrogens is 687 g/mol. The first-order valence-corrected chi connectivity index (χ1v) is 19.9. The normalized spacial score (nSPS) is 14.8. The van der Waals surface area contributed by atoms with Gasteiger partial charge in [0.1, 0.15) is 11.5 Å². The zero-order valence-corrected chi connectivity index (χ0v) is 31.3. The van der Waals surface area contributed by atoms with Gasteiger partial charge in [0.15, 0.2) is 0 Å². The van der Waals surface area contributed by atoms with Crippen LogP contribution in [0.5, 0.6) is 11.5 Å². The fourth-order valence-corrected chi connectivity index (χ4v) is 11.4. The van der Waals surface area contributed by atoms with Gasteiger partial charge in [-0.1, -0.05) is 135 Å². The summed E-state index contributed by atoms with van der Waals surface area (Å²) in [6.07, 6.45) is 0. The van der Waals surface area contributed by atoms with Crippen molar-refractivity contribution in [3.8, 4) is 33.8 Å². The topological polar surface area (TPSA) is 12.5 Å². The van der Waals surface area contributed by atoms with Crippen LogP contribution >= 0.6 is 11.3 Å². The molecule has 9 aromatic rings. The molecule has 55 heavy (non-hydrogen) atoms. The second-order valence-electron chi connectivity index (χ2n) is 15.6. The lowest BCUT2D eigenvalue weighted by Crippen LogP contribution is -2.32. The van der Waals surface area contributed by atoms with Gasteiger partial charge < -0.3 is 9.64 Å². The first-order chi connectivity index (χ1) is 27.0. The molecule has 260 valence electrons. The Morgan fingerprint density at radius 3 is 1.82 bits per heavy atom. The molecule has 0 amide bonds. The molecule has 1 aromatic heterocycles. The van der Waals surface area contributed by atoms with Gasteiger partial charge >= 0.3 is 0 Å². The van der Waals surface area contributed by atoms with Crippen molar-refractivity contribution < 1.29 is 4.74 Å². The summed E-state index contributed by atoms with van der Waals surface area (Å²) in [5.74, 6) is 1.84. The van der Waals surface area contributed by atoms with E-state index < -0.39 is 5.41 Å². The molecule has 1 spiro atoms. The minimum Gasteiger partial charge on any atom is -0.457 e. The van der Waals surface area contributed by atoms with Crippen LogP contribution in [0.15, 0.2) is 176 Å².